The van der Waals surface area contributed by atoms with Gasteiger partial charge in [0, 0.05) is 36.4 Å². The highest BCUT2D eigenvalue weighted by molar-refractivity contribution is 7.91. The zero-order valence-electron chi connectivity index (χ0n) is 22.0. The fraction of sp³-hybridized carbons (Fsp3) is 0.533. The Bertz CT molecular complexity index is 1340. The molecule has 2 saturated heterocycles. The van der Waals surface area contributed by atoms with Crippen LogP contribution in [-0.2, 0) is 9.84 Å². The van der Waals surface area contributed by atoms with E-state index in [0.717, 1.165) is 57.3 Å². The average molecular weight is 536 g/mol. The number of rotatable bonds is 4. The molecular weight excluding hydrogens is 498 g/mol. The summed E-state index contributed by atoms with van der Waals surface area (Å²) in [5.41, 5.74) is 1.15. The highest BCUT2D eigenvalue weighted by atomic mass is 32.2. The van der Waals surface area contributed by atoms with E-state index in [2.05, 4.69) is 15.1 Å². The molecule has 1 saturated carbocycles. The molecule has 2 aromatic carbocycles. The van der Waals surface area contributed by atoms with Crippen LogP contribution >= 0.6 is 0 Å². The van der Waals surface area contributed by atoms with Gasteiger partial charge in [0.15, 0.2) is 5.78 Å². The van der Waals surface area contributed by atoms with Crippen LogP contribution in [0.15, 0.2) is 46.2 Å². The van der Waals surface area contributed by atoms with E-state index in [1.165, 1.54) is 44.8 Å². The molecule has 0 radical (unpaired) electrons. The number of piperidine rings is 2. The van der Waals surface area contributed by atoms with Crippen molar-refractivity contribution in [1.29, 1.82) is 0 Å². The van der Waals surface area contributed by atoms with E-state index in [-0.39, 0.29) is 38.4 Å². The maximum Gasteiger partial charge on any atom is 0.252 e. The first-order valence-corrected chi connectivity index (χ1v) is 15.8. The number of carbonyl (C=O) groups is 2. The molecule has 1 N–H and O–H groups in total. The number of ketones is 1. The monoisotopic (exact) mass is 535 g/mol. The molecular formula is C30H37N3O4S. The lowest BCUT2D eigenvalue weighted by atomic mass is 9.93. The van der Waals surface area contributed by atoms with Gasteiger partial charge in [-0.1, -0.05) is 31.7 Å². The van der Waals surface area contributed by atoms with E-state index >= 15 is 0 Å². The van der Waals surface area contributed by atoms with Crippen molar-refractivity contribution in [1.82, 2.24) is 10.2 Å². The predicted molar refractivity (Wildman–Crippen MR) is 147 cm³/mol. The lowest BCUT2D eigenvalue weighted by molar-refractivity contribution is 0.0917. The summed E-state index contributed by atoms with van der Waals surface area (Å²) in [6.07, 6.45) is 11.1. The number of sulfone groups is 1. The van der Waals surface area contributed by atoms with Gasteiger partial charge in [0.1, 0.15) is 0 Å². The number of hydrogen-bond donors (Lipinski definition) is 1. The number of carbonyl (C=O) groups excluding carboxylic acids is 2. The number of benzene rings is 2. The minimum absolute atomic E-state index is 0.00315. The quantitative estimate of drug-likeness (QED) is 0.526. The first-order chi connectivity index (χ1) is 18.4. The van der Waals surface area contributed by atoms with Gasteiger partial charge < -0.3 is 15.1 Å². The summed E-state index contributed by atoms with van der Waals surface area (Å²) < 4.78 is 27.6. The van der Waals surface area contributed by atoms with Crippen molar-refractivity contribution in [2.75, 3.05) is 31.1 Å². The van der Waals surface area contributed by atoms with Crippen LogP contribution in [0.2, 0.25) is 0 Å². The van der Waals surface area contributed by atoms with E-state index in [9.17, 15) is 18.0 Å². The molecule has 8 heteroatoms. The minimum Gasteiger partial charge on any atom is -0.371 e. The van der Waals surface area contributed by atoms with E-state index < -0.39 is 15.6 Å². The number of nitrogens with zero attached hydrogens (tertiary/aromatic N) is 2. The summed E-state index contributed by atoms with van der Waals surface area (Å²) in [4.78, 5) is 31.7. The highest BCUT2D eigenvalue weighted by Gasteiger charge is 2.38. The second kappa shape index (κ2) is 10.5. The van der Waals surface area contributed by atoms with E-state index in [1.54, 1.807) is 24.3 Å². The third kappa shape index (κ3) is 4.66. The normalized spacial score (nSPS) is 22.5. The Morgan fingerprint density at radius 1 is 0.816 bits per heavy atom. The zero-order chi connectivity index (χ0) is 26.3. The molecule has 2 aromatic rings. The van der Waals surface area contributed by atoms with Crippen molar-refractivity contribution in [2.45, 2.75) is 86.1 Å². The molecule has 38 heavy (non-hydrogen) atoms. The zero-order valence-corrected chi connectivity index (χ0v) is 22.8. The first-order valence-electron chi connectivity index (χ1n) is 14.3. The standard InChI is InChI=1S/C30H37N3O4S/c34-29-24-13-12-23(33-18-14-22(15-19-33)32-16-5-2-6-17-32)20-27(24)38(36,37)26-11-7-10-25(28(26)29)30(35)31-21-8-3-1-4-9-21/h7,10-13,20-22H,1-6,8-9,14-19H2,(H,31,35). The van der Waals surface area contributed by atoms with Gasteiger partial charge in [-0.25, -0.2) is 8.42 Å². The predicted octanol–water partition coefficient (Wildman–Crippen LogP) is 4.58. The lowest BCUT2D eigenvalue weighted by Crippen LogP contribution is -2.46. The fourth-order valence-corrected chi connectivity index (χ4v) is 8.52. The molecule has 1 aliphatic carbocycles. The number of hydrogen-bond acceptors (Lipinski definition) is 6. The van der Waals surface area contributed by atoms with Gasteiger partial charge >= 0.3 is 0 Å². The van der Waals surface area contributed by atoms with Crippen LogP contribution in [0, 0.1) is 0 Å². The maximum absolute atomic E-state index is 13.8. The molecule has 0 atom stereocenters. The Balaban J connectivity index is 1.25. The molecule has 0 unspecified atom stereocenters. The number of fused-ring (bicyclic) bond motifs is 2. The van der Waals surface area contributed by atoms with Crippen molar-refractivity contribution in [2.24, 2.45) is 0 Å². The van der Waals surface area contributed by atoms with Crippen LogP contribution in [0.3, 0.4) is 0 Å². The van der Waals surface area contributed by atoms with Gasteiger partial charge in [0.05, 0.1) is 20.9 Å². The van der Waals surface area contributed by atoms with Crippen molar-refractivity contribution in [3.8, 4) is 0 Å². The Morgan fingerprint density at radius 2 is 1.53 bits per heavy atom. The molecule has 3 heterocycles. The van der Waals surface area contributed by atoms with Gasteiger partial charge in [-0.3, -0.25) is 9.59 Å². The molecule has 0 bridgehead atoms. The smallest absolute Gasteiger partial charge is 0.252 e. The number of amides is 1. The Hall–Kier alpha value is -2.71. The third-order valence-electron chi connectivity index (χ3n) is 8.96. The highest BCUT2D eigenvalue weighted by Crippen LogP contribution is 2.38. The summed E-state index contributed by atoms with van der Waals surface area (Å²) in [6, 6.07) is 10.4. The minimum atomic E-state index is -3.95. The van der Waals surface area contributed by atoms with Gasteiger partial charge in [-0.2, -0.15) is 0 Å². The lowest BCUT2D eigenvalue weighted by Gasteiger charge is -2.41. The average Bonchev–Trinajstić information content (AvgIpc) is 2.96. The molecule has 1 amide bonds. The second-order valence-corrected chi connectivity index (χ2v) is 13.2. The van der Waals surface area contributed by atoms with Gasteiger partial charge in [0.2, 0.25) is 9.84 Å². The Morgan fingerprint density at radius 3 is 2.26 bits per heavy atom. The molecule has 0 aromatic heterocycles. The topological polar surface area (TPSA) is 86.8 Å². The van der Waals surface area contributed by atoms with E-state index in [0.29, 0.717) is 6.04 Å². The van der Waals surface area contributed by atoms with Crippen LogP contribution in [0.1, 0.15) is 90.5 Å². The molecule has 202 valence electrons. The van der Waals surface area contributed by atoms with Crippen molar-refractivity contribution in [3.63, 3.8) is 0 Å². The second-order valence-electron chi connectivity index (χ2n) is 11.3. The molecule has 3 aliphatic heterocycles. The van der Waals surface area contributed by atoms with Gasteiger partial charge in [0.25, 0.3) is 5.91 Å². The number of nitrogens with one attached hydrogen (secondary N) is 1. The van der Waals surface area contributed by atoms with Crippen LogP contribution < -0.4 is 10.2 Å². The number of anilines is 1. The van der Waals surface area contributed by atoms with Gasteiger partial charge in [-0.05, 0) is 81.9 Å². The summed E-state index contributed by atoms with van der Waals surface area (Å²) in [6.45, 7) is 4.11. The van der Waals surface area contributed by atoms with Crippen LogP contribution in [0.25, 0.3) is 0 Å². The third-order valence-corrected chi connectivity index (χ3v) is 10.8. The van der Waals surface area contributed by atoms with Crippen LogP contribution in [0.5, 0.6) is 0 Å². The largest absolute Gasteiger partial charge is 0.371 e. The summed E-state index contributed by atoms with van der Waals surface area (Å²) in [5, 5.41) is 3.04. The summed E-state index contributed by atoms with van der Waals surface area (Å²) in [5.74, 6) is -0.761. The van der Waals surface area contributed by atoms with E-state index in [1.807, 2.05) is 6.07 Å². The Labute approximate surface area is 225 Å². The summed E-state index contributed by atoms with van der Waals surface area (Å²) >= 11 is 0. The molecule has 0 spiro atoms. The summed E-state index contributed by atoms with van der Waals surface area (Å²) in [7, 11) is -3.95. The SMILES string of the molecule is O=C(NC1CCCCC1)c1cccc2c1C(=O)c1ccc(N3CCC(N4CCCCC4)CC3)cc1S2(=O)=O. The van der Waals surface area contributed by atoms with E-state index in [4.69, 9.17) is 0 Å². The van der Waals surface area contributed by atoms with Gasteiger partial charge in [-0.15, -0.1) is 0 Å². The molecule has 6 rings (SSSR count). The maximum atomic E-state index is 13.8. The number of likely N-dealkylation sites (tertiary alicyclic amines) is 1. The van der Waals surface area contributed by atoms with Crippen molar-refractivity contribution in [3.05, 3.63) is 53.1 Å². The molecule has 7 nitrogen and oxygen atoms in total. The van der Waals surface area contributed by atoms with Crippen molar-refractivity contribution < 1.29 is 18.0 Å². The molecule has 4 aliphatic rings. The Kier molecular flexibility index (Phi) is 7.03. The van der Waals surface area contributed by atoms with Crippen LogP contribution in [0.4, 0.5) is 5.69 Å². The van der Waals surface area contributed by atoms with Crippen molar-refractivity contribution >= 4 is 27.2 Å². The fourth-order valence-electron chi connectivity index (χ4n) is 6.83. The molecule has 3 fully saturated rings. The van der Waals surface area contributed by atoms with Crippen LogP contribution in [-0.4, -0.2) is 63.3 Å². The first kappa shape index (κ1) is 25.6.